The maximum absolute atomic E-state index is 9.03. The minimum Gasteiger partial charge on any atom is -0.276 e. The van der Waals surface area contributed by atoms with Crippen LogP contribution in [0.2, 0.25) is 0 Å². The van der Waals surface area contributed by atoms with Crippen molar-refractivity contribution < 1.29 is 0 Å². The van der Waals surface area contributed by atoms with Gasteiger partial charge < -0.3 is 0 Å². The van der Waals surface area contributed by atoms with Crippen LogP contribution < -0.4 is 0 Å². The van der Waals surface area contributed by atoms with E-state index in [0.717, 1.165) is 46.1 Å². The first-order valence-electron chi connectivity index (χ1n) is 21.6. The summed E-state index contributed by atoms with van der Waals surface area (Å²) in [5.74, 6) is 7.51. The van der Waals surface area contributed by atoms with E-state index in [1.54, 1.807) is 0 Å². The molecule has 0 N–H and O–H groups in total. The average molecular weight is 945 g/mol. The van der Waals surface area contributed by atoms with Crippen LogP contribution in [0.5, 0.6) is 0 Å². The molecule has 4 rings (SSSR count). The van der Waals surface area contributed by atoms with E-state index in [4.69, 9.17) is 82.4 Å². The molecular weight excluding hydrogens is 889 g/mol. The molecule has 0 saturated carbocycles. The molecule has 4 fully saturated rings. The van der Waals surface area contributed by atoms with Crippen molar-refractivity contribution in [3.05, 3.63) is 0 Å². The Labute approximate surface area is 413 Å². The minimum atomic E-state index is -1.05. The number of nitrogens with zero attached hydrogens (tertiary/aromatic N) is 24. The maximum Gasteiger partial charge on any atom is 0.188 e. The van der Waals surface area contributed by atoms with Crippen molar-refractivity contribution >= 4 is 0 Å². The summed E-state index contributed by atoms with van der Waals surface area (Å²) in [6.07, 6.45) is 17.7. The molecule has 0 radical (unpaired) electrons. The molecule has 0 amide bonds. The zero-order chi connectivity index (χ0) is 52.1. The summed E-state index contributed by atoms with van der Waals surface area (Å²) < 4.78 is 0. The molecule has 70 heavy (non-hydrogen) atoms. The van der Waals surface area contributed by atoms with Crippen molar-refractivity contribution in [3.8, 4) is 110 Å². The van der Waals surface area contributed by atoms with Gasteiger partial charge in [0.05, 0.1) is 192 Å². The van der Waals surface area contributed by atoms with Crippen LogP contribution in [0.4, 0.5) is 0 Å². The van der Waals surface area contributed by atoms with Crippen LogP contribution in [0.1, 0.15) is 26.2 Å². The summed E-state index contributed by atoms with van der Waals surface area (Å²) in [5.41, 5.74) is 0. The lowest BCUT2D eigenvalue weighted by Gasteiger charge is -2.44. The van der Waals surface area contributed by atoms with Gasteiger partial charge in [-0.25, -0.2) is 9.80 Å². The number of hydrogen-bond acceptors (Lipinski definition) is 24. The second-order valence-electron chi connectivity index (χ2n) is 15.7. The molecule has 24 heteroatoms. The molecule has 4 saturated heterocycles. The number of nitriles is 12. The Balaban J connectivity index is 0.000000470. The van der Waals surface area contributed by atoms with Crippen LogP contribution in [-0.2, 0) is 0 Å². The van der Waals surface area contributed by atoms with E-state index in [9.17, 15) is 0 Å². The fraction of sp³-hybridized carbons (Fsp3) is 0.609. The van der Waals surface area contributed by atoms with Crippen LogP contribution in [0.15, 0.2) is 0 Å². The van der Waals surface area contributed by atoms with Crippen molar-refractivity contribution in [2.75, 3.05) is 132 Å². The third-order valence-corrected chi connectivity index (χ3v) is 10.6. The second kappa shape index (κ2) is 36.2. The number of terminal acetylenes is 3. The van der Waals surface area contributed by atoms with Gasteiger partial charge in [0.25, 0.3) is 0 Å². The molecule has 1 atom stereocenters. The summed E-state index contributed by atoms with van der Waals surface area (Å²) in [6, 6.07) is 21.1. The standard InChI is InChI=1S/C13H10N8.C13H19N5.C10H14N6.C10H13N5/c1-2-11(3-14)19-8-20(12(4-15)5-16)10-21(9-19)13(6-17)7-18;1-2-3-8-16-11-17(9-4-6-14)13-18(12-16)10-5-7-15;1-10-15(6-3-12)8-14(5-2-11)9-16(10)7-4-13;1-2-5-13-8-14(6-3-11)10-15(9-13)7-4-12/h1,11-13H,8-10H2;1H,3-5,8-13H2;10H,5-9H2,1H3;1H,5-10H2. The Kier molecular flexibility index (Phi) is 31.0. The summed E-state index contributed by atoms with van der Waals surface area (Å²) in [4.78, 5) is 22.9. The van der Waals surface area contributed by atoms with Crippen molar-refractivity contribution in [2.24, 2.45) is 0 Å². The van der Waals surface area contributed by atoms with E-state index in [1.165, 1.54) is 14.7 Å². The first kappa shape index (κ1) is 60.1. The monoisotopic (exact) mass is 945 g/mol. The Morgan fingerprint density at radius 2 is 0.671 bits per heavy atom. The lowest BCUT2D eigenvalue weighted by molar-refractivity contribution is -0.0587. The van der Waals surface area contributed by atoms with E-state index < -0.39 is 18.1 Å². The van der Waals surface area contributed by atoms with Gasteiger partial charge in [-0.2, -0.15) is 63.1 Å². The Bertz CT molecular complexity index is 2000. The molecule has 0 spiro atoms. The number of rotatable bonds is 15. The van der Waals surface area contributed by atoms with Gasteiger partial charge in [-0.15, -0.1) is 25.2 Å². The lowest BCUT2D eigenvalue weighted by atomic mass is 10.2. The zero-order valence-corrected chi connectivity index (χ0v) is 39.5. The second-order valence-corrected chi connectivity index (χ2v) is 15.7. The van der Waals surface area contributed by atoms with Gasteiger partial charge in [-0.05, 0) is 6.92 Å². The fourth-order valence-electron chi connectivity index (χ4n) is 7.36. The van der Waals surface area contributed by atoms with Crippen molar-refractivity contribution in [1.29, 1.82) is 63.1 Å². The topological polar surface area (TPSA) is 324 Å². The molecule has 0 bridgehead atoms. The predicted octanol–water partition coefficient (Wildman–Crippen LogP) is -1.04. The Hall–Kier alpha value is -7.92. The van der Waals surface area contributed by atoms with Gasteiger partial charge in [-0.1, -0.05) is 11.8 Å². The smallest absolute Gasteiger partial charge is 0.188 e. The minimum absolute atomic E-state index is 0.0641. The van der Waals surface area contributed by atoms with Crippen molar-refractivity contribution in [1.82, 2.24) is 58.8 Å². The highest BCUT2D eigenvalue weighted by atomic mass is 15.5. The lowest BCUT2D eigenvalue weighted by Crippen LogP contribution is -2.61. The van der Waals surface area contributed by atoms with Gasteiger partial charge in [0.15, 0.2) is 18.1 Å². The van der Waals surface area contributed by atoms with Crippen LogP contribution in [0.3, 0.4) is 0 Å². The Morgan fingerprint density at radius 1 is 0.357 bits per heavy atom. The molecule has 4 aliphatic rings. The predicted molar refractivity (Wildman–Crippen MR) is 248 cm³/mol. The highest BCUT2D eigenvalue weighted by Crippen LogP contribution is 2.16. The summed E-state index contributed by atoms with van der Waals surface area (Å²) in [6.45, 7) is 12.7. The van der Waals surface area contributed by atoms with E-state index in [2.05, 4.69) is 74.9 Å². The molecule has 0 aromatic carbocycles. The Morgan fingerprint density at radius 3 is 0.971 bits per heavy atom. The van der Waals surface area contributed by atoms with Gasteiger partial charge >= 0.3 is 0 Å². The SMILES string of the molecule is C#CC(C#N)N1CN(C(C#N)C#N)CN(C(C#N)C#N)C1.C#CCCN1CN(CCC#N)CN(CCC#N)C1.C#CCN1CN(CC#N)CN(CC#N)C1.CC1N(CC#N)CN(CC#N)CN1CC#N. The first-order valence-corrected chi connectivity index (χ1v) is 21.6. The molecule has 1 unspecified atom stereocenters. The molecule has 24 nitrogen and oxygen atoms in total. The molecule has 0 aromatic heterocycles. The highest BCUT2D eigenvalue weighted by molar-refractivity contribution is 5.16. The third-order valence-electron chi connectivity index (χ3n) is 10.6. The maximum atomic E-state index is 9.03. The van der Waals surface area contributed by atoms with Crippen LogP contribution in [0.25, 0.3) is 0 Å². The molecule has 360 valence electrons. The highest BCUT2D eigenvalue weighted by Gasteiger charge is 2.35. The van der Waals surface area contributed by atoms with Crippen LogP contribution in [0, 0.1) is 173 Å². The van der Waals surface area contributed by atoms with Gasteiger partial charge in [0.2, 0.25) is 0 Å². The quantitative estimate of drug-likeness (QED) is 0.140. The summed E-state index contributed by atoms with van der Waals surface area (Å²) in [7, 11) is 0. The first-order chi connectivity index (χ1) is 34.0. The van der Waals surface area contributed by atoms with Crippen LogP contribution >= 0.6 is 0 Å². The fourth-order valence-corrected chi connectivity index (χ4v) is 7.36. The summed E-state index contributed by atoms with van der Waals surface area (Å²) >= 11 is 0. The molecule has 0 aromatic rings. The number of hydrogen-bond donors (Lipinski definition) is 0. The van der Waals surface area contributed by atoms with Gasteiger partial charge in [0, 0.05) is 38.9 Å². The summed E-state index contributed by atoms with van der Waals surface area (Å²) in [5, 5.41) is 105. The van der Waals surface area contributed by atoms with E-state index in [1.807, 2.05) is 66.7 Å². The molecule has 4 aliphatic heterocycles. The molecule has 0 aliphatic carbocycles. The van der Waals surface area contributed by atoms with E-state index in [-0.39, 0.29) is 26.2 Å². The van der Waals surface area contributed by atoms with Crippen molar-refractivity contribution in [2.45, 2.75) is 50.5 Å². The van der Waals surface area contributed by atoms with E-state index in [0.29, 0.717) is 85.5 Å². The average Bonchev–Trinajstić information content (AvgIpc) is 3.36. The molecule has 4 heterocycles. The third kappa shape index (κ3) is 21.8. The van der Waals surface area contributed by atoms with Gasteiger partial charge in [0.1, 0.15) is 0 Å². The van der Waals surface area contributed by atoms with Gasteiger partial charge in [-0.3, -0.25) is 49.0 Å². The largest absolute Gasteiger partial charge is 0.276 e. The molecular formula is C46H56N24. The zero-order valence-electron chi connectivity index (χ0n) is 39.5. The van der Waals surface area contributed by atoms with Crippen molar-refractivity contribution in [3.63, 3.8) is 0 Å². The normalized spacial score (nSPS) is 18.5. The van der Waals surface area contributed by atoms with E-state index >= 15 is 0 Å². The van der Waals surface area contributed by atoms with Crippen LogP contribution in [-0.4, -0.2) is 215 Å².